The van der Waals surface area contributed by atoms with Gasteiger partial charge in [-0.1, -0.05) is 17.7 Å². The van der Waals surface area contributed by atoms with E-state index < -0.39 is 0 Å². The number of carbonyl (C=O) groups excluding carboxylic acids is 2. The minimum Gasteiger partial charge on any atom is -0.469 e. The first-order valence-corrected chi connectivity index (χ1v) is 6.40. The lowest BCUT2D eigenvalue weighted by Gasteiger charge is -2.22. The van der Waals surface area contributed by atoms with E-state index in [2.05, 4.69) is 12.1 Å². The molecule has 1 unspecified atom stereocenters. The molecule has 1 heterocycles. The Balaban J connectivity index is 2.33. The van der Waals surface area contributed by atoms with Crippen LogP contribution in [0.5, 0.6) is 0 Å². The molecular weight excluding hydrogens is 242 g/mol. The van der Waals surface area contributed by atoms with Gasteiger partial charge < -0.3 is 9.64 Å². The van der Waals surface area contributed by atoms with E-state index in [4.69, 9.17) is 4.74 Å². The number of aryl methyl sites for hydroxylation is 3. The molecule has 1 saturated heterocycles. The van der Waals surface area contributed by atoms with Gasteiger partial charge in [0.15, 0.2) is 0 Å². The molecule has 19 heavy (non-hydrogen) atoms. The third-order valence-corrected chi connectivity index (χ3v) is 3.56. The number of carbonyl (C=O) groups is 2. The zero-order chi connectivity index (χ0) is 14.2. The summed E-state index contributed by atoms with van der Waals surface area (Å²) in [7, 11) is 1.36. The molecule has 1 amide bonds. The van der Waals surface area contributed by atoms with Crippen LogP contribution in [-0.4, -0.2) is 25.5 Å². The number of ether oxygens (including phenoxy) is 1. The summed E-state index contributed by atoms with van der Waals surface area (Å²) in [6.45, 7) is 6.44. The second-order valence-corrected chi connectivity index (χ2v) is 5.18. The van der Waals surface area contributed by atoms with Crippen molar-refractivity contribution in [2.75, 3.05) is 18.6 Å². The first kappa shape index (κ1) is 13.6. The van der Waals surface area contributed by atoms with Crippen LogP contribution in [0.4, 0.5) is 5.69 Å². The van der Waals surface area contributed by atoms with Crippen LogP contribution in [0.2, 0.25) is 0 Å². The Morgan fingerprint density at radius 2 is 1.84 bits per heavy atom. The van der Waals surface area contributed by atoms with Gasteiger partial charge in [0.05, 0.1) is 13.0 Å². The van der Waals surface area contributed by atoms with Gasteiger partial charge >= 0.3 is 5.97 Å². The molecule has 2 rings (SSSR count). The van der Waals surface area contributed by atoms with Crippen LogP contribution < -0.4 is 4.90 Å². The van der Waals surface area contributed by atoms with Gasteiger partial charge in [-0.3, -0.25) is 9.59 Å². The SMILES string of the molecule is COC(=O)C1CC(=O)N(c2c(C)cc(C)cc2C)C1. The number of hydrogen-bond acceptors (Lipinski definition) is 3. The smallest absolute Gasteiger partial charge is 0.311 e. The first-order valence-electron chi connectivity index (χ1n) is 6.40. The predicted octanol–water partition coefficient (Wildman–Crippen LogP) is 2.14. The van der Waals surface area contributed by atoms with Crippen LogP contribution in [0.3, 0.4) is 0 Å². The minimum absolute atomic E-state index is 0.00884. The molecule has 4 heteroatoms. The molecular formula is C15H19NO3. The fourth-order valence-electron chi connectivity index (χ4n) is 2.85. The van der Waals surface area contributed by atoms with Gasteiger partial charge in [0.1, 0.15) is 0 Å². The minimum atomic E-state index is -0.349. The van der Waals surface area contributed by atoms with Crippen molar-refractivity contribution in [1.29, 1.82) is 0 Å². The van der Waals surface area contributed by atoms with Crippen molar-refractivity contribution >= 4 is 17.6 Å². The number of methoxy groups -OCH3 is 1. The van der Waals surface area contributed by atoms with Crippen LogP contribution in [0.25, 0.3) is 0 Å². The Labute approximate surface area is 113 Å². The lowest BCUT2D eigenvalue weighted by Crippen LogP contribution is -2.27. The van der Waals surface area contributed by atoms with Crippen molar-refractivity contribution in [3.8, 4) is 0 Å². The maximum atomic E-state index is 12.1. The normalized spacial score (nSPS) is 18.8. The van der Waals surface area contributed by atoms with Gasteiger partial charge in [-0.05, 0) is 31.9 Å². The topological polar surface area (TPSA) is 46.6 Å². The van der Waals surface area contributed by atoms with Gasteiger partial charge in [-0.25, -0.2) is 0 Å². The van der Waals surface area contributed by atoms with Crippen LogP contribution in [0, 0.1) is 26.7 Å². The number of rotatable bonds is 2. The maximum Gasteiger partial charge on any atom is 0.311 e. The van der Waals surface area contributed by atoms with Crippen molar-refractivity contribution in [2.45, 2.75) is 27.2 Å². The van der Waals surface area contributed by atoms with Crippen molar-refractivity contribution < 1.29 is 14.3 Å². The summed E-state index contributed by atoms with van der Waals surface area (Å²) in [6.07, 6.45) is 0.236. The zero-order valence-electron chi connectivity index (χ0n) is 11.8. The Hall–Kier alpha value is -1.84. The summed E-state index contributed by atoms with van der Waals surface area (Å²) >= 11 is 0. The average Bonchev–Trinajstić information content (AvgIpc) is 2.69. The van der Waals surface area contributed by atoms with Crippen molar-refractivity contribution in [3.63, 3.8) is 0 Å². The van der Waals surface area contributed by atoms with Gasteiger partial charge in [-0.2, -0.15) is 0 Å². The fraction of sp³-hybridized carbons (Fsp3) is 0.467. The van der Waals surface area contributed by atoms with E-state index in [1.54, 1.807) is 4.90 Å². The molecule has 4 nitrogen and oxygen atoms in total. The monoisotopic (exact) mass is 261 g/mol. The number of hydrogen-bond donors (Lipinski definition) is 0. The molecule has 1 atom stereocenters. The number of esters is 1. The molecule has 102 valence electrons. The quantitative estimate of drug-likeness (QED) is 0.766. The first-order chi connectivity index (χ1) is 8.93. The summed E-state index contributed by atoms with van der Waals surface area (Å²) in [5, 5.41) is 0. The summed E-state index contributed by atoms with van der Waals surface area (Å²) in [6, 6.07) is 4.11. The van der Waals surface area contributed by atoms with Gasteiger partial charge in [0, 0.05) is 18.7 Å². The predicted molar refractivity (Wildman–Crippen MR) is 73.1 cm³/mol. The van der Waals surface area contributed by atoms with E-state index in [-0.39, 0.29) is 24.2 Å². The number of anilines is 1. The number of benzene rings is 1. The zero-order valence-corrected chi connectivity index (χ0v) is 11.8. The number of nitrogens with zero attached hydrogens (tertiary/aromatic N) is 1. The van der Waals surface area contributed by atoms with Gasteiger partial charge in [-0.15, -0.1) is 0 Å². The summed E-state index contributed by atoms with van der Waals surface area (Å²) in [5.41, 5.74) is 4.24. The molecule has 0 spiro atoms. The third kappa shape index (κ3) is 2.48. The standard InChI is InChI=1S/C15H19NO3/c1-9-5-10(2)14(11(3)6-9)16-8-12(7-13(16)17)15(18)19-4/h5-6,12H,7-8H2,1-4H3. The summed E-state index contributed by atoms with van der Waals surface area (Å²) < 4.78 is 4.73. The number of amides is 1. The van der Waals surface area contributed by atoms with E-state index in [9.17, 15) is 9.59 Å². The largest absolute Gasteiger partial charge is 0.469 e. The van der Waals surface area contributed by atoms with Gasteiger partial charge in [0.2, 0.25) is 5.91 Å². The summed E-state index contributed by atoms with van der Waals surface area (Å²) in [4.78, 5) is 25.4. The lowest BCUT2D eigenvalue weighted by molar-refractivity contribution is -0.145. The molecule has 1 aliphatic rings. The van der Waals surface area contributed by atoms with Crippen LogP contribution in [0.1, 0.15) is 23.1 Å². The molecule has 1 aromatic rings. The van der Waals surface area contributed by atoms with E-state index in [1.807, 2.05) is 20.8 Å². The summed E-state index contributed by atoms with van der Waals surface area (Å²) in [5.74, 6) is -0.665. The molecule has 0 radical (unpaired) electrons. The molecule has 1 aromatic carbocycles. The molecule has 0 aliphatic carbocycles. The maximum absolute atomic E-state index is 12.1. The fourth-order valence-corrected chi connectivity index (χ4v) is 2.85. The molecule has 0 saturated carbocycles. The Bertz CT molecular complexity index is 513. The highest BCUT2D eigenvalue weighted by Crippen LogP contribution is 2.32. The average molecular weight is 261 g/mol. The molecule has 0 N–H and O–H groups in total. The lowest BCUT2D eigenvalue weighted by atomic mass is 10.0. The van der Waals surface area contributed by atoms with Crippen molar-refractivity contribution in [2.24, 2.45) is 5.92 Å². The Morgan fingerprint density at radius 1 is 1.26 bits per heavy atom. The van der Waals surface area contributed by atoms with E-state index in [0.717, 1.165) is 16.8 Å². The Morgan fingerprint density at radius 3 is 2.37 bits per heavy atom. The van der Waals surface area contributed by atoms with E-state index >= 15 is 0 Å². The Kier molecular flexibility index (Phi) is 3.60. The van der Waals surface area contributed by atoms with Crippen molar-refractivity contribution in [1.82, 2.24) is 0 Å². The van der Waals surface area contributed by atoms with Crippen molar-refractivity contribution in [3.05, 3.63) is 28.8 Å². The highest BCUT2D eigenvalue weighted by Gasteiger charge is 2.36. The second-order valence-electron chi connectivity index (χ2n) is 5.18. The third-order valence-electron chi connectivity index (χ3n) is 3.56. The molecule has 0 aromatic heterocycles. The van der Waals surface area contributed by atoms with Crippen LogP contribution >= 0.6 is 0 Å². The van der Waals surface area contributed by atoms with E-state index in [0.29, 0.717) is 6.54 Å². The molecule has 1 aliphatic heterocycles. The van der Waals surface area contributed by atoms with Gasteiger partial charge in [0.25, 0.3) is 0 Å². The highest BCUT2D eigenvalue weighted by atomic mass is 16.5. The van der Waals surface area contributed by atoms with E-state index in [1.165, 1.54) is 12.7 Å². The molecule has 0 bridgehead atoms. The second kappa shape index (κ2) is 5.03. The van der Waals surface area contributed by atoms with Crippen LogP contribution in [-0.2, 0) is 14.3 Å². The highest BCUT2D eigenvalue weighted by molar-refractivity contribution is 6.00. The van der Waals surface area contributed by atoms with Crippen LogP contribution in [0.15, 0.2) is 12.1 Å². The molecule has 1 fully saturated rings.